The minimum atomic E-state index is -3.40. The van der Waals surface area contributed by atoms with Crippen LogP contribution in [-0.2, 0) is 40.5 Å². The van der Waals surface area contributed by atoms with Crippen LogP contribution in [0.25, 0.3) is 0 Å². The van der Waals surface area contributed by atoms with E-state index in [1.165, 1.54) is 130 Å². The van der Waals surface area contributed by atoms with Gasteiger partial charge in [-0.05, 0) is 139 Å². The SMILES string of the molecule is CC(C)N(CC1(c2ccc(N3CCCC(N(C)S(C)(=O)=O)C3=O)cc2)CC1)C1CCC1.CN(C1CCCN(c2ccc(C3(CN(C4CCC4)C4CCC4)CC3)cc2)C1=O)S(C)(=O)=O. The van der Waals surface area contributed by atoms with Gasteiger partial charge in [0.2, 0.25) is 31.9 Å². The van der Waals surface area contributed by atoms with Crippen molar-refractivity contribution >= 4 is 43.2 Å². The zero-order valence-corrected chi connectivity index (χ0v) is 40.5. The Morgan fingerprint density at radius 3 is 1.22 bits per heavy atom. The van der Waals surface area contributed by atoms with Crippen LogP contribution in [0.5, 0.6) is 0 Å². The van der Waals surface area contributed by atoms with Gasteiger partial charge >= 0.3 is 0 Å². The fourth-order valence-electron chi connectivity index (χ4n) is 10.9. The molecule has 9 rings (SSSR count). The number of nitrogens with zero attached hydrogens (tertiary/aromatic N) is 6. The Kier molecular flexibility index (Phi) is 13.6. The minimum absolute atomic E-state index is 0.112. The average Bonchev–Trinajstić information content (AvgIpc) is 4.13. The molecular formula is C49H74N6O6S2. The van der Waals surface area contributed by atoms with E-state index in [2.05, 4.69) is 72.2 Å². The maximum atomic E-state index is 13.1. The number of carbonyl (C=O) groups is 2. The van der Waals surface area contributed by atoms with E-state index in [1.807, 2.05) is 0 Å². The lowest BCUT2D eigenvalue weighted by molar-refractivity contribution is -0.124. The molecule has 7 aliphatic rings. The molecule has 12 nitrogen and oxygen atoms in total. The minimum Gasteiger partial charge on any atom is -0.311 e. The first-order valence-corrected chi connectivity index (χ1v) is 27.8. The Labute approximate surface area is 378 Å². The molecule has 14 heteroatoms. The smallest absolute Gasteiger partial charge is 0.245 e. The fourth-order valence-corrected chi connectivity index (χ4v) is 12.2. The van der Waals surface area contributed by atoms with Crippen LogP contribution >= 0.6 is 0 Å². The molecule has 0 bridgehead atoms. The first kappa shape index (κ1) is 46.6. The van der Waals surface area contributed by atoms with Gasteiger partial charge in [0.1, 0.15) is 12.1 Å². The summed E-state index contributed by atoms with van der Waals surface area (Å²) in [5.41, 5.74) is 5.07. The summed E-state index contributed by atoms with van der Waals surface area (Å²) >= 11 is 0. The van der Waals surface area contributed by atoms with E-state index in [4.69, 9.17) is 0 Å². The normalized spacial score (nSPS) is 25.3. The van der Waals surface area contributed by atoms with Crippen molar-refractivity contribution in [1.29, 1.82) is 0 Å². The Hall–Kier alpha value is -2.88. The second-order valence-corrected chi connectivity index (χ2v) is 24.8. The Bertz CT molecular complexity index is 2150. The summed E-state index contributed by atoms with van der Waals surface area (Å²) in [5.74, 6) is -0.233. The zero-order valence-electron chi connectivity index (χ0n) is 38.9. The second kappa shape index (κ2) is 18.4. The lowest BCUT2D eigenvalue weighted by Crippen LogP contribution is -2.52. The van der Waals surface area contributed by atoms with Crippen molar-refractivity contribution in [2.75, 3.05) is 62.6 Å². The summed E-state index contributed by atoms with van der Waals surface area (Å²) in [6.45, 7) is 8.21. The number of hydrogen-bond donors (Lipinski definition) is 0. The van der Waals surface area contributed by atoms with Crippen molar-refractivity contribution in [1.82, 2.24) is 18.4 Å². The van der Waals surface area contributed by atoms with Gasteiger partial charge in [-0.25, -0.2) is 16.8 Å². The third kappa shape index (κ3) is 9.97. The predicted octanol–water partition coefficient (Wildman–Crippen LogP) is 6.88. The molecular weight excluding hydrogens is 833 g/mol. The van der Waals surface area contributed by atoms with Crippen molar-refractivity contribution in [3.8, 4) is 0 Å². The molecule has 2 aromatic carbocycles. The first-order chi connectivity index (χ1) is 29.9. The Balaban J connectivity index is 0.000000173. The molecule has 348 valence electrons. The average molecular weight is 907 g/mol. The van der Waals surface area contributed by atoms with Crippen LogP contribution < -0.4 is 9.80 Å². The molecule has 2 unspecified atom stereocenters. The van der Waals surface area contributed by atoms with Gasteiger partial charge in [-0.2, -0.15) is 8.61 Å². The lowest BCUT2D eigenvalue weighted by atomic mass is 9.82. The van der Waals surface area contributed by atoms with Crippen LogP contribution in [0.15, 0.2) is 48.5 Å². The highest BCUT2D eigenvalue weighted by Gasteiger charge is 2.49. The van der Waals surface area contributed by atoms with Gasteiger partial charge in [0.15, 0.2) is 0 Å². The van der Waals surface area contributed by atoms with Gasteiger partial charge in [0.05, 0.1) is 12.5 Å². The van der Waals surface area contributed by atoms with Crippen molar-refractivity contribution in [2.45, 2.75) is 170 Å². The number of carbonyl (C=O) groups excluding carboxylic acids is 2. The van der Waals surface area contributed by atoms with Crippen LogP contribution in [0.4, 0.5) is 11.4 Å². The maximum Gasteiger partial charge on any atom is 0.245 e. The largest absolute Gasteiger partial charge is 0.311 e. The summed E-state index contributed by atoms with van der Waals surface area (Å²) in [4.78, 5) is 35.2. The quantitative estimate of drug-likeness (QED) is 0.179. The summed E-state index contributed by atoms with van der Waals surface area (Å²) in [6.07, 6.45) is 22.3. The van der Waals surface area contributed by atoms with E-state index in [9.17, 15) is 26.4 Å². The Morgan fingerprint density at radius 2 is 0.921 bits per heavy atom. The molecule has 63 heavy (non-hydrogen) atoms. The zero-order chi connectivity index (χ0) is 44.9. The molecule has 2 heterocycles. The molecule has 0 aromatic heterocycles. The Morgan fingerprint density at radius 1 is 0.556 bits per heavy atom. The molecule has 0 spiro atoms. The van der Waals surface area contributed by atoms with Crippen molar-refractivity contribution in [3.05, 3.63) is 59.7 Å². The monoisotopic (exact) mass is 907 g/mol. The number of benzene rings is 2. The fraction of sp³-hybridized carbons (Fsp3) is 0.714. The lowest BCUT2D eigenvalue weighted by Gasteiger charge is -2.47. The maximum absolute atomic E-state index is 13.1. The molecule has 2 aliphatic heterocycles. The number of likely N-dealkylation sites (N-methyl/N-ethyl adjacent to an activating group) is 2. The molecule has 2 aromatic rings. The van der Waals surface area contributed by atoms with Crippen molar-refractivity contribution < 1.29 is 26.4 Å². The highest BCUT2D eigenvalue weighted by Crippen LogP contribution is 2.52. The molecule has 2 amide bonds. The van der Waals surface area contributed by atoms with E-state index in [0.717, 1.165) is 55.1 Å². The number of anilines is 2. The second-order valence-electron chi connectivity index (χ2n) is 20.7. The van der Waals surface area contributed by atoms with E-state index in [1.54, 1.807) is 9.80 Å². The molecule has 0 radical (unpaired) electrons. The number of rotatable bonds is 16. The molecule has 2 saturated heterocycles. The standard InChI is InChI=1S/C25H37N3O3S.C24H37N3O3S/c1-26(32(2,30)31)23-10-5-17-27(24(23)29)22-13-11-19(12-14-22)25(15-16-25)18-28(20-6-3-7-20)21-8-4-9-21;1-18(2)27(20-7-5-8-20)17-24(14-15-24)19-10-12-21(13-11-19)26-16-6-9-22(23(26)28)25(3)31(4,29)30/h11-14,20-21,23H,3-10,15-18H2,1-2H3;10-13,18,20,22H,5-9,14-17H2,1-4H3. The highest BCUT2D eigenvalue weighted by molar-refractivity contribution is 7.88. The van der Waals surface area contributed by atoms with Gasteiger partial charge in [0, 0.05) is 86.6 Å². The number of sulfonamides is 2. The van der Waals surface area contributed by atoms with Crippen LogP contribution in [0.3, 0.4) is 0 Å². The third-order valence-electron chi connectivity index (χ3n) is 16.3. The van der Waals surface area contributed by atoms with Gasteiger partial charge in [0.25, 0.3) is 0 Å². The highest BCUT2D eigenvalue weighted by atomic mass is 32.2. The third-order valence-corrected chi connectivity index (χ3v) is 18.9. The molecule has 2 atom stereocenters. The summed E-state index contributed by atoms with van der Waals surface area (Å²) in [6, 6.07) is 18.8. The molecule has 0 N–H and O–H groups in total. The topological polar surface area (TPSA) is 122 Å². The summed E-state index contributed by atoms with van der Waals surface area (Å²) < 4.78 is 50.3. The van der Waals surface area contributed by atoms with E-state index in [0.29, 0.717) is 32.0 Å². The van der Waals surface area contributed by atoms with E-state index in [-0.39, 0.29) is 22.6 Å². The van der Waals surface area contributed by atoms with Gasteiger partial charge in [-0.1, -0.05) is 43.5 Å². The number of hydrogen-bond acceptors (Lipinski definition) is 8. The predicted molar refractivity (Wildman–Crippen MR) is 252 cm³/mol. The molecule has 5 saturated carbocycles. The first-order valence-electron chi connectivity index (χ1n) is 24.1. The number of amides is 2. The summed E-state index contributed by atoms with van der Waals surface area (Å²) in [5, 5.41) is 0. The van der Waals surface area contributed by atoms with E-state index < -0.39 is 32.1 Å². The number of piperidine rings is 2. The van der Waals surface area contributed by atoms with Gasteiger partial charge in [-0.15, -0.1) is 0 Å². The molecule has 7 fully saturated rings. The van der Waals surface area contributed by atoms with Gasteiger partial charge < -0.3 is 9.80 Å². The van der Waals surface area contributed by atoms with Crippen LogP contribution in [0.1, 0.15) is 134 Å². The van der Waals surface area contributed by atoms with Crippen LogP contribution in [0, 0.1) is 0 Å². The summed E-state index contributed by atoms with van der Waals surface area (Å²) in [7, 11) is -3.78. The molecule has 5 aliphatic carbocycles. The van der Waals surface area contributed by atoms with E-state index >= 15 is 0 Å². The van der Waals surface area contributed by atoms with Crippen LogP contribution in [0.2, 0.25) is 0 Å². The van der Waals surface area contributed by atoms with Crippen molar-refractivity contribution in [3.63, 3.8) is 0 Å². The van der Waals surface area contributed by atoms with Gasteiger partial charge in [-0.3, -0.25) is 19.4 Å². The van der Waals surface area contributed by atoms with Crippen LogP contribution in [-0.4, -0.2) is 136 Å². The van der Waals surface area contributed by atoms with Crippen molar-refractivity contribution in [2.24, 2.45) is 0 Å².